The van der Waals surface area contributed by atoms with E-state index in [-0.39, 0.29) is 17.4 Å². The van der Waals surface area contributed by atoms with Crippen molar-refractivity contribution in [2.75, 3.05) is 7.05 Å². The van der Waals surface area contributed by atoms with Crippen LogP contribution in [0, 0.1) is 5.95 Å². The van der Waals surface area contributed by atoms with E-state index < -0.39 is 17.4 Å². The van der Waals surface area contributed by atoms with Crippen molar-refractivity contribution in [1.82, 2.24) is 14.9 Å². The third kappa shape index (κ3) is 3.76. The van der Waals surface area contributed by atoms with Gasteiger partial charge in [-0.3, -0.25) is 14.7 Å². The normalized spacial score (nSPS) is 22.9. The number of pyridine rings is 2. The van der Waals surface area contributed by atoms with E-state index in [1.807, 2.05) is 19.1 Å². The Morgan fingerprint density at radius 3 is 2.52 bits per heavy atom. The first-order valence-corrected chi connectivity index (χ1v) is 11.2. The molecule has 2 aliphatic rings. The first kappa shape index (κ1) is 21.5. The van der Waals surface area contributed by atoms with Crippen molar-refractivity contribution in [3.05, 3.63) is 82.5 Å². The summed E-state index contributed by atoms with van der Waals surface area (Å²) in [7, 11) is 1.62. The van der Waals surface area contributed by atoms with Crippen LogP contribution >= 0.6 is 11.6 Å². The summed E-state index contributed by atoms with van der Waals surface area (Å²) in [5.74, 6) is -0.697. The highest BCUT2D eigenvalue weighted by Gasteiger charge is 2.47. The van der Waals surface area contributed by atoms with Crippen molar-refractivity contribution in [3.63, 3.8) is 0 Å². The zero-order chi connectivity index (χ0) is 23.3. The first-order valence-electron chi connectivity index (χ1n) is 10.8. The molecule has 1 fully saturated rings. The molecule has 6 nitrogen and oxygen atoms in total. The monoisotopic (exact) mass is 463 g/mol. The zero-order valence-corrected chi connectivity index (χ0v) is 19.1. The Balaban J connectivity index is 1.63. The Kier molecular flexibility index (Phi) is 5.16. The minimum absolute atomic E-state index is 0.127. The molecule has 168 valence electrons. The number of carbonyl (C=O) groups is 1. The van der Waals surface area contributed by atoms with Crippen LogP contribution in [0.4, 0.5) is 4.39 Å². The van der Waals surface area contributed by atoms with Gasteiger partial charge in [-0.2, -0.15) is 4.39 Å². The van der Waals surface area contributed by atoms with Crippen molar-refractivity contribution in [1.29, 1.82) is 0 Å². The van der Waals surface area contributed by atoms with Gasteiger partial charge in [0.15, 0.2) is 5.96 Å². The maximum absolute atomic E-state index is 14.4. The average Bonchev–Trinajstić information content (AvgIpc) is 3.65. The molecule has 5 rings (SSSR count). The smallest absolute Gasteiger partial charge is 0.239 e. The van der Waals surface area contributed by atoms with Gasteiger partial charge in [-0.15, -0.1) is 0 Å². The number of rotatable bonds is 4. The number of carbonyl (C=O) groups excluding carboxylic acids is 1. The Labute approximate surface area is 196 Å². The largest absolute Gasteiger partial charge is 0.369 e. The summed E-state index contributed by atoms with van der Waals surface area (Å²) < 4.78 is 14.4. The number of aliphatic imine (C=N–C) groups is 1. The molecule has 1 aromatic carbocycles. The average molecular weight is 464 g/mol. The molecule has 8 heteroatoms. The standard InChI is InChI=1S/C25H23ClFN5O/c1-25(17-9-10-29-20(11-17)19-12-18(26)13-30-22(19)27)21(23(33)32(2)24(28)31-25)16-7-5-15(6-8-16)14-3-4-14/h5-14,21H,3-4H2,1-2H3,(H2,28,31)/t21-,25+/m0/s1. The number of amides is 1. The Hall–Kier alpha value is -3.32. The SMILES string of the molecule is CN1C(=O)[C@H](c2ccc(C3CC3)cc2)[C@@](C)(c2ccnc(-c3cc(Cl)cnc3F)c2)N=C1N. The summed E-state index contributed by atoms with van der Waals surface area (Å²) in [5, 5.41) is 0.301. The molecule has 1 amide bonds. The number of guanidine groups is 1. The van der Waals surface area contributed by atoms with Crippen LogP contribution in [0.1, 0.15) is 48.3 Å². The van der Waals surface area contributed by atoms with Crippen LogP contribution < -0.4 is 5.73 Å². The quantitative estimate of drug-likeness (QED) is 0.573. The number of halogens is 2. The van der Waals surface area contributed by atoms with Crippen molar-refractivity contribution in [2.24, 2.45) is 10.7 Å². The number of hydrogen-bond donors (Lipinski definition) is 1. The van der Waals surface area contributed by atoms with Crippen LogP contribution in [0.5, 0.6) is 0 Å². The number of aromatic nitrogens is 2. The van der Waals surface area contributed by atoms with Crippen molar-refractivity contribution >= 4 is 23.5 Å². The Morgan fingerprint density at radius 1 is 1.12 bits per heavy atom. The molecule has 1 aliphatic carbocycles. The van der Waals surface area contributed by atoms with Gasteiger partial charge in [0.1, 0.15) is 5.54 Å². The van der Waals surface area contributed by atoms with Crippen molar-refractivity contribution < 1.29 is 9.18 Å². The molecule has 2 atom stereocenters. The molecule has 0 spiro atoms. The fourth-order valence-electron chi connectivity index (χ4n) is 4.49. The lowest BCUT2D eigenvalue weighted by atomic mass is 9.74. The number of hydrogen-bond acceptors (Lipinski definition) is 5. The van der Waals surface area contributed by atoms with E-state index in [1.165, 1.54) is 35.6 Å². The molecule has 1 aliphatic heterocycles. The van der Waals surface area contributed by atoms with Gasteiger partial charge in [0.25, 0.3) is 0 Å². The van der Waals surface area contributed by atoms with Gasteiger partial charge in [0, 0.05) is 19.4 Å². The number of benzene rings is 1. The third-order valence-corrected chi connectivity index (χ3v) is 6.78. The molecule has 0 saturated heterocycles. The van der Waals surface area contributed by atoms with E-state index in [0.717, 1.165) is 5.56 Å². The second-order valence-corrected chi connectivity index (χ2v) is 9.25. The molecule has 2 aromatic heterocycles. The number of nitrogens with two attached hydrogens (primary N) is 1. The molecular formula is C25H23ClFN5O. The second-order valence-electron chi connectivity index (χ2n) is 8.81. The minimum atomic E-state index is -1.02. The van der Waals surface area contributed by atoms with E-state index in [1.54, 1.807) is 25.4 Å². The predicted octanol–water partition coefficient (Wildman–Crippen LogP) is 4.60. The van der Waals surface area contributed by atoms with Crippen molar-refractivity contribution in [2.45, 2.75) is 37.1 Å². The van der Waals surface area contributed by atoms with Crippen LogP contribution in [0.2, 0.25) is 5.02 Å². The number of nitrogens with zero attached hydrogens (tertiary/aromatic N) is 4. The summed E-state index contributed by atoms with van der Waals surface area (Å²) in [6.07, 6.45) is 5.22. The molecule has 33 heavy (non-hydrogen) atoms. The molecule has 3 aromatic rings. The van der Waals surface area contributed by atoms with Gasteiger partial charge in [0.2, 0.25) is 11.9 Å². The fourth-order valence-corrected chi connectivity index (χ4v) is 4.65. The van der Waals surface area contributed by atoms with Gasteiger partial charge >= 0.3 is 0 Å². The fraction of sp³-hybridized carbons (Fsp3) is 0.280. The molecule has 1 saturated carbocycles. The highest BCUT2D eigenvalue weighted by Crippen LogP contribution is 2.46. The van der Waals surface area contributed by atoms with Gasteiger partial charge in [-0.1, -0.05) is 35.9 Å². The van der Waals surface area contributed by atoms with Crippen LogP contribution in [0.15, 0.2) is 59.9 Å². The summed E-state index contributed by atoms with van der Waals surface area (Å²) in [5.41, 5.74) is 8.47. The second kappa shape index (κ2) is 7.92. The van der Waals surface area contributed by atoms with E-state index in [9.17, 15) is 9.18 Å². The number of likely N-dealkylation sites (N-methyl/N-ethyl adjacent to an activating group) is 1. The summed E-state index contributed by atoms with van der Waals surface area (Å²) in [6.45, 7) is 1.87. The third-order valence-electron chi connectivity index (χ3n) is 6.57. The molecule has 0 bridgehead atoms. The Morgan fingerprint density at radius 2 is 1.82 bits per heavy atom. The molecule has 0 unspecified atom stereocenters. The highest BCUT2D eigenvalue weighted by atomic mass is 35.5. The van der Waals surface area contributed by atoms with Crippen molar-refractivity contribution in [3.8, 4) is 11.3 Å². The van der Waals surface area contributed by atoms with Gasteiger partial charge in [-0.05, 0) is 60.6 Å². The Bertz CT molecular complexity index is 1270. The van der Waals surface area contributed by atoms with E-state index >= 15 is 0 Å². The maximum atomic E-state index is 14.4. The van der Waals surface area contributed by atoms with Crippen LogP contribution in [-0.4, -0.2) is 33.8 Å². The molecule has 3 heterocycles. The van der Waals surface area contributed by atoms with Gasteiger partial charge < -0.3 is 5.73 Å². The lowest BCUT2D eigenvalue weighted by Crippen LogP contribution is -2.52. The minimum Gasteiger partial charge on any atom is -0.369 e. The van der Waals surface area contributed by atoms with E-state index in [0.29, 0.717) is 22.2 Å². The topological polar surface area (TPSA) is 84.5 Å². The van der Waals surface area contributed by atoms with Gasteiger partial charge in [-0.25, -0.2) is 9.98 Å². The molecule has 2 N–H and O–H groups in total. The molecular weight excluding hydrogens is 441 g/mol. The van der Waals surface area contributed by atoms with E-state index in [4.69, 9.17) is 22.3 Å². The van der Waals surface area contributed by atoms with E-state index in [2.05, 4.69) is 22.1 Å². The van der Waals surface area contributed by atoms with Crippen LogP contribution in [-0.2, 0) is 10.3 Å². The van der Waals surface area contributed by atoms with Crippen LogP contribution in [0.3, 0.4) is 0 Å². The lowest BCUT2D eigenvalue weighted by Gasteiger charge is -2.41. The van der Waals surface area contributed by atoms with Gasteiger partial charge in [0.05, 0.1) is 22.2 Å². The van der Waals surface area contributed by atoms with Crippen LogP contribution in [0.25, 0.3) is 11.3 Å². The lowest BCUT2D eigenvalue weighted by molar-refractivity contribution is -0.130. The maximum Gasteiger partial charge on any atom is 0.239 e. The molecule has 0 radical (unpaired) electrons. The predicted molar refractivity (Wildman–Crippen MR) is 125 cm³/mol. The zero-order valence-electron chi connectivity index (χ0n) is 18.3. The highest BCUT2D eigenvalue weighted by molar-refractivity contribution is 6.30. The first-order chi connectivity index (χ1) is 15.8. The summed E-state index contributed by atoms with van der Waals surface area (Å²) in [4.78, 5) is 27.6. The summed E-state index contributed by atoms with van der Waals surface area (Å²) in [6, 6.07) is 13.2. The summed E-state index contributed by atoms with van der Waals surface area (Å²) >= 11 is 6.03.